The van der Waals surface area contributed by atoms with Crippen molar-refractivity contribution in [1.82, 2.24) is 19.7 Å². The lowest BCUT2D eigenvalue weighted by Gasteiger charge is -2.07. The average molecular weight is 418 g/mol. The Morgan fingerprint density at radius 1 is 1.21 bits per heavy atom. The van der Waals surface area contributed by atoms with E-state index in [0.29, 0.717) is 28.1 Å². The van der Waals surface area contributed by atoms with Gasteiger partial charge in [-0.3, -0.25) is 4.68 Å². The number of methoxy groups -OCH3 is 1. The van der Waals surface area contributed by atoms with Gasteiger partial charge in [0.2, 0.25) is 0 Å². The van der Waals surface area contributed by atoms with Gasteiger partial charge in [-0.2, -0.15) is 5.10 Å². The second kappa shape index (κ2) is 8.44. The summed E-state index contributed by atoms with van der Waals surface area (Å²) in [6.07, 6.45) is 6.70. The molecule has 0 aliphatic rings. The highest BCUT2D eigenvalue weighted by atomic mass is 32.2. The van der Waals surface area contributed by atoms with Crippen molar-refractivity contribution in [3.05, 3.63) is 53.7 Å². The minimum atomic E-state index is -3.63. The summed E-state index contributed by atoms with van der Waals surface area (Å²) in [6.45, 7) is 0. The monoisotopic (exact) mass is 417 g/mol. The van der Waals surface area contributed by atoms with Gasteiger partial charge in [0, 0.05) is 36.5 Å². The molecule has 0 fully saturated rings. The number of hydrogen-bond donors (Lipinski definition) is 1. The smallest absolute Gasteiger partial charge is 0.199 e. The van der Waals surface area contributed by atoms with Gasteiger partial charge in [-0.05, 0) is 36.6 Å². The fourth-order valence-corrected chi connectivity index (χ4v) is 3.64. The van der Waals surface area contributed by atoms with E-state index >= 15 is 0 Å². The number of hydrogen-bond acceptors (Lipinski definition) is 8. The Bertz CT molecular complexity index is 1090. The third-order valence-corrected chi connectivity index (χ3v) is 5.74. The molecule has 0 radical (unpaired) electrons. The van der Waals surface area contributed by atoms with Crippen LogP contribution >= 0.6 is 11.8 Å². The van der Waals surface area contributed by atoms with Gasteiger partial charge in [0.25, 0.3) is 0 Å². The number of ether oxygens (including phenoxy) is 1. The first-order chi connectivity index (χ1) is 13.4. The molecule has 0 bridgehead atoms. The van der Waals surface area contributed by atoms with Gasteiger partial charge in [0.1, 0.15) is 11.6 Å². The van der Waals surface area contributed by atoms with Gasteiger partial charge >= 0.3 is 0 Å². The second-order valence-electron chi connectivity index (χ2n) is 5.68. The fourth-order valence-electron chi connectivity index (χ4n) is 2.31. The van der Waals surface area contributed by atoms with E-state index in [9.17, 15) is 8.42 Å². The molecule has 146 valence electrons. The van der Waals surface area contributed by atoms with Crippen molar-refractivity contribution in [3.63, 3.8) is 0 Å². The zero-order chi connectivity index (χ0) is 20.1. The molecule has 0 amide bonds. The number of nitrogens with zero attached hydrogens (tertiary/aromatic N) is 4. The molecule has 3 aromatic rings. The lowest BCUT2D eigenvalue weighted by Crippen LogP contribution is -2.01. The highest BCUT2D eigenvalue weighted by Gasteiger charge is 2.12. The summed E-state index contributed by atoms with van der Waals surface area (Å²) in [5, 5.41) is 9.06. The Kier molecular flexibility index (Phi) is 6.00. The Hall–Kier alpha value is -2.85. The van der Waals surface area contributed by atoms with Crippen LogP contribution in [0.4, 0.5) is 11.6 Å². The maximum absolute atomic E-state index is 12.6. The van der Waals surface area contributed by atoms with Crippen molar-refractivity contribution in [2.45, 2.75) is 10.1 Å². The Labute approximate surface area is 167 Å². The average Bonchev–Trinajstić information content (AvgIpc) is 3.11. The topological polar surface area (TPSA) is 99.0 Å². The predicted octanol–water partition coefficient (Wildman–Crippen LogP) is 3.13. The Balaban J connectivity index is 1.91. The van der Waals surface area contributed by atoms with E-state index in [-0.39, 0.29) is 4.90 Å². The van der Waals surface area contributed by atoms with E-state index < -0.39 is 9.84 Å². The van der Waals surface area contributed by atoms with Crippen LogP contribution in [-0.4, -0.2) is 41.5 Å². The number of anilines is 2. The maximum atomic E-state index is 12.6. The van der Waals surface area contributed by atoms with Crippen molar-refractivity contribution in [2.75, 3.05) is 18.7 Å². The summed E-state index contributed by atoms with van der Waals surface area (Å²) in [5.41, 5.74) is 0.528. The summed E-state index contributed by atoms with van der Waals surface area (Å²) in [7, 11) is -0.297. The maximum Gasteiger partial charge on any atom is 0.199 e. The van der Waals surface area contributed by atoms with E-state index in [0.717, 1.165) is 5.41 Å². The zero-order valence-electron chi connectivity index (χ0n) is 15.5. The van der Waals surface area contributed by atoms with E-state index in [1.165, 1.54) is 37.1 Å². The predicted molar refractivity (Wildman–Crippen MR) is 110 cm³/mol. The lowest BCUT2D eigenvalue weighted by atomic mass is 10.3. The molecule has 10 heteroatoms. The molecule has 3 rings (SSSR count). The third-order valence-electron chi connectivity index (χ3n) is 3.75. The number of benzene rings is 1. The summed E-state index contributed by atoms with van der Waals surface area (Å²) >= 11 is 1.39. The number of sulfone groups is 1. The van der Waals surface area contributed by atoms with E-state index in [4.69, 9.17) is 4.74 Å². The van der Waals surface area contributed by atoms with Crippen molar-refractivity contribution in [3.8, 4) is 5.75 Å². The molecule has 0 saturated heterocycles. The molecule has 2 aromatic heterocycles. The quantitative estimate of drug-likeness (QED) is 0.462. The summed E-state index contributed by atoms with van der Waals surface area (Å²) < 4.78 is 31.9. The Morgan fingerprint density at radius 3 is 2.57 bits per heavy atom. The molecular weight excluding hydrogens is 398 g/mol. The van der Waals surface area contributed by atoms with Crippen LogP contribution in [0.25, 0.3) is 6.08 Å². The van der Waals surface area contributed by atoms with Crippen LogP contribution in [0.5, 0.6) is 5.75 Å². The molecule has 0 unspecified atom stereocenters. The van der Waals surface area contributed by atoms with Crippen LogP contribution in [0, 0.1) is 0 Å². The van der Waals surface area contributed by atoms with Gasteiger partial charge in [-0.1, -0.05) is 11.8 Å². The highest BCUT2D eigenvalue weighted by molar-refractivity contribution is 7.98. The molecule has 2 heterocycles. The lowest BCUT2D eigenvalue weighted by molar-refractivity contribution is 0.414. The standard InChI is InChI=1S/C18H19N5O3S2/c1-23-10-8-16(22-23)20-17-13(12-19-18(21-17)27-3)9-11-28(24,25)15-6-4-14(26-2)5-7-15/h4-12H,1-3H3,(H,19,20,21,22). The minimum absolute atomic E-state index is 0.172. The SMILES string of the molecule is COc1ccc(S(=O)(=O)C=Cc2cnc(SC)nc2Nc2ccn(C)n2)cc1. The number of rotatable bonds is 7. The largest absolute Gasteiger partial charge is 0.497 e. The molecule has 0 spiro atoms. The number of nitrogens with one attached hydrogen (secondary N) is 1. The minimum Gasteiger partial charge on any atom is -0.497 e. The summed E-state index contributed by atoms with van der Waals surface area (Å²) in [4.78, 5) is 8.82. The first-order valence-electron chi connectivity index (χ1n) is 8.16. The molecule has 28 heavy (non-hydrogen) atoms. The van der Waals surface area contributed by atoms with Crippen LogP contribution in [0.15, 0.2) is 58.2 Å². The van der Waals surface area contributed by atoms with Crippen LogP contribution in [0.3, 0.4) is 0 Å². The van der Waals surface area contributed by atoms with Crippen LogP contribution < -0.4 is 10.1 Å². The van der Waals surface area contributed by atoms with Crippen molar-refractivity contribution in [2.24, 2.45) is 7.05 Å². The van der Waals surface area contributed by atoms with Crippen molar-refractivity contribution in [1.29, 1.82) is 0 Å². The molecule has 8 nitrogen and oxygen atoms in total. The van der Waals surface area contributed by atoms with Gasteiger partial charge in [-0.15, -0.1) is 0 Å². The molecule has 0 aliphatic heterocycles. The van der Waals surface area contributed by atoms with Crippen LogP contribution in [0.2, 0.25) is 0 Å². The molecule has 1 N–H and O–H groups in total. The van der Waals surface area contributed by atoms with Crippen LogP contribution in [0.1, 0.15) is 5.56 Å². The first kappa shape index (κ1) is 19.9. The number of aromatic nitrogens is 4. The van der Waals surface area contributed by atoms with Gasteiger partial charge in [-0.25, -0.2) is 18.4 Å². The normalized spacial score (nSPS) is 11.7. The fraction of sp³-hybridized carbons (Fsp3) is 0.167. The van der Waals surface area contributed by atoms with Gasteiger partial charge in [0.05, 0.1) is 12.0 Å². The molecule has 1 aromatic carbocycles. The highest BCUT2D eigenvalue weighted by Crippen LogP contribution is 2.23. The first-order valence-corrected chi connectivity index (χ1v) is 10.9. The summed E-state index contributed by atoms with van der Waals surface area (Å²) in [5.74, 6) is 1.66. The van der Waals surface area contributed by atoms with Gasteiger partial charge in [0.15, 0.2) is 20.8 Å². The molecule has 0 aliphatic carbocycles. The van der Waals surface area contributed by atoms with Crippen molar-refractivity contribution >= 4 is 39.3 Å². The second-order valence-corrected chi connectivity index (χ2v) is 8.29. The zero-order valence-corrected chi connectivity index (χ0v) is 17.2. The number of thioether (sulfide) groups is 1. The third kappa shape index (κ3) is 4.70. The molecular formula is C18H19N5O3S2. The molecule has 0 saturated carbocycles. The number of aryl methyl sites for hydroxylation is 1. The van der Waals surface area contributed by atoms with Crippen molar-refractivity contribution < 1.29 is 13.2 Å². The Morgan fingerprint density at radius 2 is 1.96 bits per heavy atom. The van der Waals surface area contributed by atoms with Gasteiger partial charge < -0.3 is 10.1 Å². The summed E-state index contributed by atoms with van der Waals surface area (Å²) in [6, 6.07) is 8.00. The van der Waals surface area contributed by atoms with E-state index in [1.807, 2.05) is 6.26 Å². The van der Waals surface area contributed by atoms with E-state index in [1.54, 1.807) is 42.3 Å². The molecule has 0 atom stereocenters. The van der Waals surface area contributed by atoms with Crippen LogP contribution in [-0.2, 0) is 16.9 Å². The van der Waals surface area contributed by atoms with E-state index in [2.05, 4.69) is 20.4 Å².